The van der Waals surface area contributed by atoms with Gasteiger partial charge in [-0.05, 0) is 52.5 Å². The van der Waals surface area contributed by atoms with E-state index < -0.39 is 13.9 Å². The number of rotatable bonds is 37. The molecule has 4 nitrogen and oxygen atoms in total. The molecule has 0 heterocycles. The molecule has 0 radical (unpaired) electrons. The van der Waals surface area contributed by atoms with Crippen molar-refractivity contribution >= 4 is 8.25 Å². The molecule has 5 heteroatoms. The maximum Gasteiger partial charge on any atom is 0.695 e. The summed E-state index contributed by atoms with van der Waals surface area (Å²) in [5.74, 6) is 0.348. The Bertz CT molecular complexity index is 1030. The maximum atomic E-state index is 12.6. The van der Waals surface area contributed by atoms with Gasteiger partial charge in [0.05, 0.1) is 0 Å². The summed E-state index contributed by atoms with van der Waals surface area (Å²) < 4.78 is 18.9. The predicted octanol–water partition coefficient (Wildman–Crippen LogP) is 18.2. The number of aromatic hydroxyl groups is 1. The van der Waals surface area contributed by atoms with Crippen molar-refractivity contribution in [1.82, 2.24) is 0 Å². The van der Waals surface area contributed by atoms with E-state index in [-0.39, 0.29) is 10.8 Å². The van der Waals surface area contributed by atoms with Crippen LogP contribution in [0.25, 0.3) is 0 Å². The number of unbranched alkanes of at least 4 members (excludes halogenated alkanes) is 30. The van der Waals surface area contributed by atoms with E-state index in [4.69, 9.17) is 4.52 Å². The molecule has 1 rings (SSSR count). The number of hydrogen-bond donors (Lipinski definition) is 2. The van der Waals surface area contributed by atoms with Crippen molar-refractivity contribution in [3.8, 4) is 5.75 Å². The third-order valence-corrected chi connectivity index (χ3v) is 12.9. The van der Waals surface area contributed by atoms with Gasteiger partial charge in [-0.3, -0.25) is 0 Å². The summed E-state index contributed by atoms with van der Waals surface area (Å²) in [5, 5.41) is 11.5. The van der Waals surface area contributed by atoms with E-state index in [0.29, 0.717) is 5.75 Å². The Morgan fingerprint density at radius 3 is 0.893 bits per heavy atom. The molecule has 0 aliphatic rings. The smallest absolute Gasteiger partial charge is 0.507 e. The van der Waals surface area contributed by atoms with Crippen molar-refractivity contribution in [2.45, 2.75) is 290 Å². The highest BCUT2D eigenvalue weighted by molar-refractivity contribution is 7.32. The van der Waals surface area contributed by atoms with Gasteiger partial charge in [0.15, 0.2) is 5.60 Å². The fourth-order valence-electron chi connectivity index (χ4n) is 8.67. The first kappa shape index (κ1) is 53.1. The van der Waals surface area contributed by atoms with Gasteiger partial charge in [-0.25, -0.2) is 0 Å². The Hall–Kier alpha value is -0.960. The normalized spacial score (nSPS) is 12.8. The molecule has 1 aromatic rings. The highest BCUT2D eigenvalue weighted by Crippen LogP contribution is 2.48. The number of phenolic OH excluding ortho intramolecular Hbond substituents is 1. The zero-order chi connectivity index (χ0) is 41.5. The van der Waals surface area contributed by atoms with E-state index in [2.05, 4.69) is 67.5 Å². The summed E-state index contributed by atoms with van der Waals surface area (Å²) in [6.07, 6.45) is 43.7. The van der Waals surface area contributed by atoms with Gasteiger partial charge in [-0.1, -0.05) is 261 Å². The molecular weight excluding hydrogens is 708 g/mol. The standard InChI is InChI=1S/C51H95O4P/c1-9-11-13-15-17-19-21-23-25-27-29-31-33-35-37-39-41-51(55-56(53)54,45-43-46(49(3,4)5)48(52)47(44-45)50(6,7)8)42-40-38-36-34-32-30-28-26-24-22-20-18-16-14-12-10-2/h43-44H,9-42H2,1-8H3,(H-,52,53,54)/p+1. The molecule has 0 amide bonds. The topological polar surface area (TPSA) is 66.8 Å². The highest BCUT2D eigenvalue weighted by atomic mass is 31.1. The van der Waals surface area contributed by atoms with Gasteiger partial charge in [0.1, 0.15) is 5.75 Å². The van der Waals surface area contributed by atoms with E-state index in [0.717, 1.165) is 55.2 Å². The van der Waals surface area contributed by atoms with Crippen LogP contribution >= 0.6 is 8.25 Å². The zero-order valence-electron chi connectivity index (χ0n) is 38.9. The Labute approximate surface area is 350 Å². The first-order valence-electron chi connectivity index (χ1n) is 24.5. The van der Waals surface area contributed by atoms with Crippen LogP contribution in [0.2, 0.25) is 0 Å². The summed E-state index contributed by atoms with van der Waals surface area (Å²) in [5.41, 5.74) is 1.33. The van der Waals surface area contributed by atoms with Crippen LogP contribution in [0.3, 0.4) is 0 Å². The summed E-state index contributed by atoms with van der Waals surface area (Å²) >= 11 is 0. The van der Waals surface area contributed by atoms with Crippen LogP contribution in [0.15, 0.2) is 12.1 Å². The minimum Gasteiger partial charge on any atom is -0.507 e. The largest absolute Gasteiger partial charge is 0.695 e. The molecule has 0 aliphatic carbocycles. The van der Waals surface area contributed by atoms with E-state index in [1.807, 2.05) is 0 Å². The molecule has 1 atom stereocenters. The molecule has 0 aromatic heterocycles. The van der Waals surface area contributed by atoms with E-state index in [9.17, 15) is 14.6 Å². The maximum absolute atomic E-state index is 12.6. The number of hydrogen-bond acceptors (Lipinski definition) is 3. The molecular formula is C51H96O4P+. The molecule has 56 heavy (non-hydrogen) atoms. The zero-order valence-corrected chi connectivity index (χ0v) is 39.7. The van der Waals surface area contributed by atoms with Crippen LogP contribution in [-0.4, -0.2) is 10.00 Å². The van der Waals surface area contributed by atoms with Crippen LogP contribution < -0.4 is 0 Å². The first-order chi connectivity index (χ1) is 26.8. The predicted molar refractivity (Wildman–Crippen MR) is 246 cm³/mol. The fraction of sp³-hybridized carbons (Fsp3) is 0.882. The second-order valence-electron chi connectivity index (χ2n) is 19.8. The van der Waals surface area contributed by atoms with Crippen LogP contribution in [0, 0.1) is 0 Å². The number of benzene rings is 1. The third-order valence-electron chi connectivity index (χ3n) is 12.4. The molecule has 0 fully saturated rings. The van der Waals surface area contributed by atoms with Gasteiger partial charge in [0.2, 0.25) is 0 Å². The van der Waals surface area contributed by atoms with Crippen molar-refractivity contribution < 1.29 is 19.1 Å². The summed E-state index contributed by atoms with van der Waals surface area (Å²) in [7, 11) is -2.80. The van der Waals surface area contributed by atoms with E-state index >= 15 is 0 Å². The number of phenols is 1. The minimum absolute atomic E-state index is 0.282. The van der Waals surface area contributed by atoms with Crippen LogP contribution in [0.1, 0.15) is 290 Å². The average Bonchev–Trinajstić information content (AvgIpc) is 3.13. The van der Waals surface area contributed by atoms with Gasteiger partial charge in [0, 0.05) is 4.57 Å². The Balaban J connectivity index is 2.75. The second-order valence-corrected chi connectivity index (χ2v) is 20.5. The molecule has 0 bridgehead atoms. The molecule has 0 spiro atoms. The third kappa shape index (κ3) is 24.8. The quantitative estimate of drug-likeness (QED) is 0.0519. The van der Waals surface area contributed by atoms with Crippen LogP contribution in [0.5, 0.6) is 5.75 Å². The van der Waals surface area contributed by atoms with Crippen molar-refractivity contribution in [2.24, 2.45) is 0 Å². The molecule has 0 saturated carbocycles. The monoisotopic (exact) mass is 804 g/mol. The summed E-state index contributed by atoms with van der Waals surface area (Å²) in [6, 6.07) is 4.20. The lowest BCUT2D eigenvalue weighted by Gasteiger charge is -2.34. The Morgan fingerprint density at radius 1 is 0.446 bits per heavy atom. The van der Waals surface area contributed by atoms with Gasteiger partial charge >= 0.3 is 8.25 Å². The van der Waals surface area contributed by atoms with Crippen molar-refractivity contribution in [3.05, 3.63) is 28.8 Å². The molecule has 1 unspecified atom stereocenters. The highest BCUT2D eigenvalue weighted by Gasteiger charge is 2.43. The summed E-state index contributed by atoms with van der Waals surface area (Å²) in [6.45, 7) is 17.4. The minimum atomic E-state index is -2.80. The molecule has 0 saturated heterocycles. The first-order valence-corrected chi connectivity index (χ1v) is 25.6. The fourth-order valence-corrected chi connectivity index (χ4v) is 9.25. The van der Waals surface area contributed by atoms with Gasteiger partial charge in [-0.2, -0.15) is 0 Å². The Kier molecular flexibility index (Phi) is 30.2. The van der Waals surface area contributed by atoms with E-state index in [1.165, 1.54) is 180 Å². The lowest BCUT2D eigenvalue weighted by atomic mass is 9.74. The summed E-state index contributed by atoms with van der Waals surface area (Å²) in [4.78, 5) is 10.4. The van der Waals surface area contributed by atoms with Crippen molar-refractivity contribution in [2.75, 3.05) is 0 Å². The lowest BCUT2D eigenvalue weighted by molar-refractivity contribution is 0.0377. The molecule has 0 aliphatic heterocycles. The van der Waals surface area contributed by atoms with Crippen molar-refractivity contribution in [3.63, 3.8) is 0 Å². The molecule has 328 valence electrons. The van der Waals surface area contributed by atoms with Crippen molar-refractivity contribution in [1.29, 1.82) is 0 Å². The Morgan fingerprint density at radius 2 is 0.679 bits per heavy atom. The van der Waals surface area contributed by atoms with E-state index in [1.54, 1.807) is 0 Å². The van der Waals surface area contributed by atoms with Gasteiger partial charge in [-0.15, -0.1) is 9.42 Å². The molecule has 2 N–H and O–H groups in total. The average molecular weight is 804 g/mol. The SMILES string of the molecule is CCCCCCCCCCCCCCCCCCC(CCCCCCCCCCCCCCCCCC)(O[P+](=O)O)c1cc(C(C)(C)C)c(O)c(C(C)(C)C)c1. The lowest BCUT2D eigenvalue weighted by Crippen LogP contribution is -2.30. The molecule has 1 aromatic carbocycles. The van der Waals surface area contributed by atoms with Gasteiger partial charge < -0.3 is 5.11 Å². The van der Waals surface area contributed by atoms with Crippen LogP contribution in [0.4, 0.5) is 0 Å². The second kappa shape index (κ2) is 31.9. The van der Waals surface area contributed by atoms with Crippen LogP contribution in [-0.2, 0) is 25.5 Å². The van der Waals surface area contributed by atoms with Gasteiger partial charge in [0.25, 0.3) is 0 Å².